The van der Waals surface area contributed by atoms with Crippen molar-refractivity contribution in [3.63, 3.8) is 0 Å². The lowest BCUT2D eigenvalue weighted by molar-refractivity contribution is -0.125. The fraction of sp³-hybridized carbons (Fsp3) is 0.381. The maximum Gasteiger partial charge on any atom is 0.225 e. The first kappa shape index (κ1) is 24.2. The summed E-state index contributed by atoms with van der Waals surface area (Å²) < 4.78 is 13.5. The highest BCUT2D eigenvalue weighted by Gasteiger charge is 2.27. The van der Waals surface area contributed by atoms with Crippen LogP contribution in [-0.2, 0) is 4.79 Å². The molecule has 3 N–H and O–H groups in total. The quantitative estimate of drug-likeness (QED) is 0.754. The molecule has 0 spiro atoms. The smallest absolute Gasteiger partial charge is 0.225 e. The van der Waals surface area contributed by atoms with Crippen molar-refractivity contribution in [2.24, 2.45) is 11.7 Å². The maximum absolute atomic E-state index is 13.5. The molecule has 2 aromatic rings. The predicted octanol–water partition coefficient (Wildman–Crippen LogP) is 4.09. The molecule has 0 aromatic heterocycles. The number of anilines is 1. The number of benzene rings is 2. The molecular weight excluding hydrogens is 400 g/mol. The van der Waals surface area contributed by atoms with Crippen LogP contribution in [-0.4, -0.2) is 25.0 Å². The minimum absolute atomic E-state index is 0. The van der Waals surface area contributed by atoms with Gasteiger partial charge in [-0.05, 0) is 36.6 Å². The normalized spacial score (nSPS) is 18.2. The van der Waals surface area contributed by atoms with Gasteiger partial charge in [0.05, 0.1) is 5.92 Å². The Morgan fingerprint density at radius 2 is 1.89 bits per heavy atom. The molecule has 1 fully saturated rings. The van der Waals surface area contributed by atoms with Gasteiger partial charge in [0.15, 0.2) is 0 Å². The Morgan fingerprint density at radius 3 is 2.57 bits per heavy atom. The van der Waals surface area contributed by atoms with Gasteiger partial charge in [0.25, 0.3) is 0 Å². The molecule has 3 unspecified atom stereocenters. The summed E-state index contributed by atoms with van der Waals surface area (Å²) in [5, 5.41) is 3.13. The van der Waals surface area contributed by atoms with Crippen LogP contribution < -0.4 is 16.0 Å². The highest BCUT2D eigenvalue weighted by Crippen LogP contribution is 2.22. The Balaban J connectivity index is 0.00000196. The summed E-state index contributed by atoms with van der Waals surface area (Å²) in [7, 11) is 0. The van der Waals surface area contributed by atoms with Crippen molar-refractivity contribution in [1.29, 1.82) is 0 Å². The third-order valence-corrected chi connectivity index (χ3v) is 5.08. The van der Waals surface area contributed by atoms with Gasteiger partial charge in [-0.3, -0.25) is 4.79 Å². The molecule has 3 rings (SSSR count). The van der Waals surface area contributed by atoms with E-state index in [2.05, 4.69) is 10.2 Å². The number of piperidine rings is 1. The maximum atomic E-state index is 13.5. The zero-order valence-corrected chi connectivity index (χ0v) is 17.5. The monoisotopic (exact) mass is 427 g/mol. The van der Waals surface area contributed by atoms with Crippen LogP contribution in [0.2, 0.25) is 0 Å². The van der Waals surface area contributed by atoms with E-state index in [9.17, 15) is 9.18 Å². The first-order chi connectivity index (χ1) is 12.5. The molecule has 1 aliphatic rings. The Kier molecular flexibility index (Phi) is 9.73. The third kappa shape index (κ3) is 6.09. The number of rotatable bonds is 5. The van der Waals surface area contributed by atoms with E-state index in [-0.39, 0.29) is 54.5 Å². The number of carbonyl (C=O) groups excluding carboxylic acids is 1. The van der Waals surface area contributed by atoms with Crippen LogP contribution in [0.5, 0.6) is 0 Å². The van der Waals surface area contributed by atoms with Crippen LogP contribution in [0.15, 0.2) is 54.6 Å². The Labute approximate surface area is 178 Å². The van der Waals surface area contributed by atoms with Crippen LogP contribution in [0.25, 0.3) is 0 Å². The molecule has 1 heterocycles. The Hall–Kier alpha value is -1.82. The molecule has 4 nitrogen and oxygen atoms in total. The molecule has 0 saturated carbocycles. The Morgan fingerprint density at radius 1 is 1.18 bits per heavy atom. The van der Waals surface area contributed by atoms with Crippen molar-refractivity contribution < 1.29 is 9.18 Å². The average molecular weight is 428 g/mol. The second kappa shape index (κ2) is 11.2. The molecule has 28 heavy (non-hydrogen) atoms. The zero-order valence-electron chi connectivity index (χ0n) is 15.9. The first-order valence-corrected chi connectivity index (χ1v) is 9.16. The lowest BCUT2D eigenvalue weighted by Gasteiger charge is -2.35. The zero-order chi connectivity index (χ0) is 18.5. The van der Waals surface area contributed by atoms with E-state index >= 15 is 0 Å². The SMILES string of the molecule is CC(C(=O)NC1CCCN(c2cccc(F)c2)C1)C(N)c1ccccc1.Cl.Cl. The molecule has 0 bridgehead atoms. The number of halogens is 3. The van der Waals surface area contributed by atoms with Gasteiger partial charge in [-0.15, -0.1) is 24.8 Å². The fourth-order valence-corrected chi connectivity index (χ4v) is 3.46. The molecule has 0 aliphatic carbocycles. The number of nitrogens with two attached hydrogens (primary N) is 1. The number of carbonyl (C=O) groups is 1. The van der Waals surface area contributed by atoms with Gasteiger partial charge in [0, 0.05) is 30.9 Å². The van der Waals surface area contributed by atoms with Crippen LogP contribution in [0, 0.1) is 11.7 Å². The van der Waals surface area contributed by atoms with Crippen molar-refractivity contribution in [3.8, 4) is 0 Å². The molecule has 1 aliphatic heterocycles. The van der Waals surface area contributed by atoms with Gasteiger partial charge in [-0.2, -0.15) is 0 Å². The minimum Gasteiger partial charge on any atom is -0.369 e. The second-order valence-electron chi connectivity index (χ2n) is 7.00. The van der Waals surface area contributed by atoms with Gasteiger partial charge < -0.3 is 16.0 Å². The van der Waals surface area contributed by atoms with Crippen molar-refractivity contribution in [1.82, 2.24) is 5.32 Å². The van der Waals surface area contributed by atoms with Gasteiger partial charge in [-0.25, -0.2) is 4.39 Å². The predicted molar refractivity (Wildman–Crippen MR) is 117 cm³/mol. The highest BCUT2D eigenvalue weighted by molar-refractivity contribution is 5.85. The molecular formula is C21H28Cl2FN3O. The number of amides is 1. The highest BCUT2D eigenvalue weighted by atomic mass is 35.5. The topological polar surface area (TPSA) is 58.4 Å². The van der Waals surface area contributed by atoms with Crippen LogP contribution >= 0.6 is 24.8 Å². The summed E-state index contributed by atoms with van der Waals surface area (Å²) in [4.78, 5) is 14.8. The fourth-order valence-electron chi connectivity index (χ4n) is 3.46. The lowest BCUT2D eigenvalue weighted by atomic mass is 9.94. The largest absolute Gasteiger partial charge is 0.369 e. The molecule has 1 saturated heterocycles. The van der Waals surface area contributed by atoms with E-state index in [1.807, 2.05) is 43.3 Å². The van der Waals surface area contributed by atoms with E-state index in [0.717, 1.165) is 30.6 Å². The van der Waals surface area contributed by atoms with Gasteiger partial charge in [0.1, 0.15) is 5.82 Å². The molecule has 0 radical (unpaired) electrons. The van der Waals surface area contributed by atoms with Gasteiger partial charge in [0.2, 0.25) is 5.91 Å². The summed E-state index contributed by atoms with van der Waals surface area (Å²) in [6.45, 7) is 3.41. The van der Waals surface area contributed by atoms with Crippen molar-refractivity contribution in [2.75, 3.05) is 18.0 Å². The lowest BCUT2D eigenvalue weighted by Crippen LogP contribution is -2.50. The van der Waals surface area contributed by atoms with E-state index in [1.54, 1.807) is 6.07 Å². The first-order valence-electron chi connectivity index (χ1n) is 9.16. The van der Waals surface area contributed by atoms with E-state index < -0.39 is 0 Å². The second-order valence-corrected chi connectivity index (χ2v) is 7.00. The average Bonchev–Trinajstić information content (AvgIpc) is 2.67. The molecule has 7 heteroatoms. The standard InChI is InChI=1S/C21H26FN3O.2ClH/c1-15(20(23)16-7-3-2-4-8-16)21(26)24-18-10-6-12-25(14-18)19-11-5-9-17(22)13-19;;/h2-5,7-9,11,13,15,18,20H,6,10,12,14,23H2,1H3,(H,24,26);2*1H. The molecule has 2 aromatic carbocycles. The van der Waals surface area contributed by atoms with E-state index in [4.69, 9.17) is 5.73 Å². The van der Waals surface area contributed by atoms with E-state index in [1.165, 1.54) is 12.1 Å². The van der Waals surface area contributed by atoms with Crippen molar-refractivity contribution in [3.05, 3.63) is 66.0 Å². The summed E-state index contributed by atoms with van der Waals surface area (Å²) in [5.41, 5.74) is 8.08. The van der Waals surface area contributed by atoms with Gasteiger partial charge in [-0.1, -0.05) is 43.3 Å². The molecule has 3 atom stereocenters. The van der Waals surface area contributed by atoms with Gasteiger partial charge >= 0.3 is 0 Å². The summed E-state index contributed by atoms with van der Waals surface area (Å²) >= 11 is 0. The molecule has 154 valence electrons. The van der Waals surface area contributed by atoms with Crippen LogP contribution in [0.4, 0.5) is 10.1 Å². The minimum atomic E-state index is -0.334. The van der Waals surface area contributed by atoms with E-state index in [0.29, 0.717) is 6.54 Å². The number of hydrogen-bond acceptors (Lipinski definition) is 3. The van der Waals surface area contributed by atoms with Crippen molar-refractivity contribution in [2.45, 2.75) is 31.8 Å². The summed E-state index contributed by atoms with van der Waals surface area (Å²) in [5.74, 6) is -0.592. The number of nitrogens with zero attached hydrogens (tertiary/aromatic N) is 1. The summed E-state index contributed by atoms with van der Waals surface area (Å²) in [6.07, 6.45) is 1.88. The van der Waals surface area contributed by atoms with Crippen LogP contribution in [0.1, 0.15) is 31.4 Å². The Bertz CT molecular complexity index is 747. The third-order valence-electron chi connectivity index (χ3n) is 5.08. The summed E-state index contributed by atoms with van der Waals surface area (Å²) in [6, 6.07) is 16.0. The molecule has 1 amide bonds. The number of nitrogens with one attached hydrogen (secondary N) is 1. The van der Waals surface area contributed by atoms with Crippen molar-refractivity contribution >= 4 is 36.4 Å². The number of hydrogen-bond donors (Lipinski definition) is 2. The van der Waals surface area contributed by atoms with Crippen LogP contribution in [0.3, 0.4) is 0 Å².